The number of nitrogens with zero attached hydrogens (tertiary/aromatic N) is 3. The highest BCUT2D eigenvalue weighted by Gasteiger charge is 2.49. The van der Waals surface area contributed by atoms with Crippen LogP contribution in [0.5, 0.6) is 0 Å². The molecule has 0 fully saturated rings. The summed E-state index contributed by atoms with van der Waals surface area (Å²) >= 11 is 0. The van der Waals surface area contributed by atoms with Gasteiger partial charge in [0.15, 0.2) is 5.54 Å². The average Bonchev–Trinajstić information content (AvgIpc) is 3.09. The van der Waals surface area contributed by atoms with Gasteiger partial charge in [-0.15, -0.1) is 0 Å². The second-order valence-electron chi connectivity index (χ2n) is 5.95. The normalized spacial score (nSPS) is 14.9. The van der Waals surface area contributed by atoms with E-state index in [2.05, 4.69) is 10.1 Å². The number of carboxylic acid groups (broad SMARTS) is 1. The molecule has 0 saturated carbocycles. The Balaban J connectivity index is 2.46. The summed E-state index contributed by atoms with van der Waals surface area (Å²) in [5.41, 5.74) is -2.22. The van der Waals surface area contributed by atoms with Crippen LogP contribution in [0.2, 0.25) is 0 Å². The molecule has 2 rings (SSSR count). The second-order valence-corrected chi connectivity index (χ2v) is 5.95. The van der Waals surface area contributed by atoms with Gasteiger partial charge < -0.3 is 10.2 Å². The van der Waals surface area contributed by atoms with Gasteiger partial charge in [-0.2, -0.15) is 5.10 Å². The van der Waals surface area contributed by atoms with E-state index in [-0.39, 0.29) is 12.0 Å². The lowest BCUT2D eigenvalue weighted by molar-refractivity contribution is -0.157. The summed E-state index contributed by atoms with van der Waals surface area (Å²) in [4.78, 5) is 15.9. The largest absolute Gasteiger partial charge is 0.479 e. The zero-order valence-corrected chi connectivity index (χ0v) is 13.9. The number of aliphatic hydroxyl groups is 1. The SMILES string of the molecule is CCCCCCC(C(=O)O)(C(O)c1ccc(F)cc1F)n1cncn1. The molecule has 2 N–H and O–H groups in total. The molecule has 2 unspecified atom stereocenters. The van der Waals surface area contributed by atoms with E-state index in [1.54, 1.807) is 0 Å². The first-order valence-corrected chi connectivity index (χ1v) is 8.15. The number of carbonyl (C=O) groups is 1. The zero-order valence-electron chi connectivity index (χ0n) is 13.9. The van der Waals surface area contributed by atoms with Gasteiger partial charge >= 0.3 is 5.97 Å². The lowest BCUT2D eigenvalue weighted by Gasteiger charge is -2.34. The van der Waals surface area contributed by atoms with Gasteiger partial charge in [0.05, 0.1) is 0 Å². The van der Waals surface area contributed by atoms with Gasteiger partial charge in [0.25, 0.3) is 0 Å². The zero-order chi connectivity index (χ0) is 18.4. The first-order valence-electron chi connectivity index (χ1n) is 8.15. The molecule has 0 amide bonds. The van der Waals surface area contributed by atoms with Crippen LogP contribution in [0.25, 0.3) is 0 Å². The van der Waals surface area contributed by atoms with Crippen molar-refractivity contribution in [3.05, 3.63) is 48.1 Å². The summed E-state index contributed by atoms with van der Waals surface area (Å²) in [5.74, 6) is -3.17. The van der Waals surface area contributed by atoms with Crippen LogP contribution in [0.4, 0.5) is 8.78 Å². The summed E-state index contributed by atoms with van der Waals surface area (Å²) in [5, 5.41) is 24.5. The van der Waals surface area contributed by atoms with Gasteiger partial charge in [0, 0.05) is 11.6 Å². The minimum absolute atomic E-state index is 0.0314. The maximum absolute atomic E-state index is 14.1. The summed E-state index contributed by atoms with van der Waals surface area (Å²) < 4.78 is 28.3. The molecule has 136 valence electrons. The van der Waals surface area contributed by atoms with Crippen LogP contribution in [0.3, 0.4) is 0 Å². The number of benzene rings is 1. The Morgan fingerprint density at radius 1 is 1.32 bits per heavy atom. The van der Waals surface area contributed by atoms with Crippen LogP contribution < -0.4 is 0 Å². The van der Waals surface area contributed by atoms with Crippen molar-refractivity contribution in [3.8, 4) is 0 Å². The van der Waals surface area contributed by atoms with Crippen molar-refractivity contribution in [3.63, 3.8) is 0 Å². The third-order valence-electron chi connectivity index (χ3n) is 4.32. The molecule has 2 aromatic rings. The van der Waals surface area contributed by atoms with Crippen molar-refractivity contribution in [2.24, 2.45) is 0 Å². The van der Waals surface area contributed by atoms with Gasteiger partial charge in [-0.05, 0) is 12.5 Å². The van der Waals surface area contributed by atoms with Crippen molar-refractivity contribution in [1.82, 2.24) is 14.8 Å². The molecule has 0 aliphatic rings. The highest BCUT2D eigenvalue weighted by atomic mass is 19.1. The van der Waals surface area contributed by atoms with E-state index in [1.165, 1.54) is 6.33 Å². The third kappa shape index (κ3) is 3.84. The van der Waals surface area contributed by atoms with E-state index in [0.29, 0.717) is 12.5 Å². The number of unbranched alkanes of at least 4 members (excludes halogenated alkanes) is 3. The molecule has 1 aromatic carbocycles. The van der Waals surface area contributed by atoms with Crippen LogP contribution >= 0.6 is 0 Å². The van der Waals surface area contributed by atoms with Crippen molar-refractivity contribution >= 4 is 5.97 Å². The molecule has 0 aliphatic carbocycles. The van der Waals surface area contributed by atoms with Crippen LogP contribution in [0, 0.1) is 11.6 Å². The second kappa shape index (κ2) is 8.15. The lowest BCUT2D eigenvalue weighted by atomic mass is 9.82. The number of aliphatic carboxylic acids is 1. The Bertz CT molecular complexity index is 709. The third-order valence-corrected chi connectivity index (χ3v) is 4.32. The number of carboxylic acids is 1. The number of aliphatic hydroxyl groups excluding tert-OH is 1. The Labute approximate surface area is 144 Å². The van der Waals surface area contributed by atoms with E-state index < -0.39 is 29.2 Å². The average molecular weight is 353 g/mol. The van der Waals surface area contributed by atoms with E-state index >= 15 is 0 Å². The molecule has 0 bridgehead atoms. The van der Waals surface area contributed by atoms with E-state index in [0.717, 1.165) is 42.4 Å². The highest BCUT2D eigenvalue weighted by molar-refractivity contribution is 5.77. The molecular weight excluding hydrogens is 332 g/mol. The van der Waals surface area contributed by atoms with Crippen molar-refractivity contribution in [2.75, 3.05) is 0 Å². The number of rotatable bonds is 9. The Kier molecular flexibility index (Phi) is 6.19. The lowest BCUT2D eigenvalue weighted by Crippen LogP contribution is -2.48. The fourth-order valence-corrected chi connectivity index (χ4v) is 2.91. The van der Waals surface area contributed by atoms with Gasteiger partial charge in [-0.25, -0.2) is 23.2 Å². The van der Waals surface area contributed by atoms with Gasteiger partial charge in [-0.3, -0.25) is 0 Å². The van der Waals surface area contributed by atoms with Gasteiger partial charge in [0.2, 0.25) is 0 Å². The van der Waals surface area contributed by atoms with E-state index in [4.69, 9.17) is 0 Å². The Morgan fingerprint density at radius 3 is 2.64 bits per heavy atom. The topological polar surface area (TPSA) is 88.2 Å². The predicted molar refractivity (Wildman–Crippen MR) is 85.7 cm³/mol. The monoisotopic (exact) mass is 353 g/mol. The molecule has 0 saturated heterocycles. The van der Waals surface area contributed by atoms with E-state index in [1.807, 2.05) is 6.92 Å². The van der Waals surface area contributed by atoms with Crippen LogP contribution in [-0.2, 0) is 10.3 Å². The molecule has 1 aromatic heterocycles. The molecule has 6 nitrogen and oxygen atoms in total. The first-order chi connectivity index (χ1) is 11.9. The minimum Gasteiger partial charge on any atom is -0.479 e. The summed E-state index contributed by atoms with van der Waals surface area (Å²) in [7, 11) is 0. The predicted octanol–water partition coefficient (Wildman–Crippen LogP) is 3.04. The fraction of sp³-hybridized carbons (Fsp3) is 0.471. The fourth-order valence-electron chi connectivity index (χ4n) is 2.91. The molecule has 0 spiro atoms. The summed E-state index contributed by atoms with van der Waals surface area (Å²) in [6, 6.07) is 2.65. The van der Waals surface area contributed by atoms with Crippen molar-refractivity contribution < 1.29 is 23.8 Å². The van der Waals surface area contributed by atoms with Crippen molar-refractivity contribution in [2.45, 2.75) is 50.7 Å². The number of halogens is 2. The van der Waals surface area contributed by atoms with Crippen LogP contribution in [-0.4, -0.2) is 30.9 Å². The molecule has 0 aliphatic heterocycles. The summed E-state index contributed by atoms with van der Waals surface area (Å²) in [6.07, 6.45) is 3.74. The van der Waals surface area contributed by atoms with Gasteiger partial charge in [-0.1, -0.05) is 38.7 Å². The van der Waals surface area contributed by atoms with Crippen LogP contribution in [0.15, 0.2) is 30.9 Å². The molecule has 25 heavy (non-hydrogen) atoms. The number of hydrogen-bond acceptors (Lipinski definition) is 4. The molecule has 0 radical (unpaired) electrons. The maximum Gasteiger partial charge on any atom is 0.334 e. The Morgan fingerprint density at radius 2 is 2.08 bits per heavy atom. The highest BCUT2D eigenvalue weighted by Crippen LogP contribution is 2.38. The maximum atomic E-state index is 14.1. The van der Waals surface area contributed by atoms with E-state index in [9.17, 15) is 23.8 Å². The van der Waals surface area contributed by atoms with Crippen LogP contribution in [0.1, 0.15) is 50.7 Å². The minimum atomic E-state index is -1.93. The molecule has 2 atom stereocenters. The molecular formula is C17H21F2N3O3. The standard InChI is InChI=1S/C17H21F2N3O3/c1-2-3-4-5-8-17(16(24)25,22-11-20-10-21-22)15(23)13-7-6-12(18)9-14(13)19/h6-7,9-11,15,23H,2-5,8H2,1H3,(H,24,25). The number of aromatic nitrogens is 3. The quantitative estimate of drug-likeness (QED) is 0.677. The smallest absolute Gasteiger partial charge is 0.334 e. The van der Waals surface area contributed by atoms with Gasteiger partial charge in [0.1, 0.15) is 30.4 Å². The Hall–Kier alpha value is -2.35. The van der Waals surface area contributed by atoms with Crippen molar-refractivity contribution in [1.29, 1.82) is 0 Å². The number of hydrogen-bond donors (Lipinski definition) is 2. The summed E-state index contributed by atoms with van der Waals surface area (Å²) in [6.45, 7) is 2.02. The molecule has 1 heterocycles. The first kappa shape index (κ1) is 19.0. The molecule has 8 heteroatoms.